The van der Waals surface area contributed by atoms with Gasteiger partial charge in [0, 0.05) is 18.5 Å². The quantitative estimate of drug-likeness (QED) is 0.750. The summed E-state index contributed by atoms with van der Waals surface area (Å²) >= 11 is 0. The molecule has 5 nitrogen and oxygen atoms in total. The number of hydrogen-bond acceptors (Lipinski definition) is 3. The number of H-pyrrole nitrogens is 1. The smallest absolute Gasteiger partial charge is 0.206 e. The minimum absolute atomic E-state index is 0.0333. The molecular weight excluding hydrogens is 250 g/mol. The fourth-order valence-electron chi connectivity index (χ4n) is 2.08. The highest BCUT2D eigenvalue weighted by molar-refractivity contribution is 5.78. The second-order valence-electron chi connectivity index (χ2n) is 6.02. The summed E-state index contributed by atoms with van der Waals surface area (Å²) < 4.78 is 1.84. The third-order valence-electron chi connectivity index (χ3n) is 3.28. The molecule has 5 heteroatoms. The molecule has 0 aliphatic carbocycles. The van der Waals surface area contributed by atoms with E-state index < -0.39 is 0 Å². The molecule has 3 aromatic rings. The average Bonchev–Trinajstić information content (AvgIpc) is 2.93. The van der Waals surface area contributed by atoms with Crippen molar-refractivity contribution in [3.63, 3.8) is 0 Å². The molecule has 3 rings (SSSR count). The van der Waals surface area contributed by atoms with Gasteiger partial charge < -0.3 is 10.3 Å². The van der Waals surface area contributed by atoms with Crippen molar-refractivity contribution in [3.8, 4) is 0 Å². The van der Waals surface area contributed by atoms with Crippen LogP contribution in [0.3, 0.4) is 0 Å². The van der Waals surface area contributed by atoms with Gasteiger partial charge in [0.05, 0.1) is 16.7 Å². The van der Waals surface area contributed by atoms with E-state index in [0.717, 1.165) is 28.5 Å². The fourth-order valence-corrected chi connectivity index (χ4v) is 2.08. The first-order valence-corrected chi connectivity index (χ1v) is 6.70. The molecule has 0 spiro atoms. The molecule has 104 valence electrons. The molecule has 0 atom stereocenters. The van der Waals surface area contributed by atoms with Gasteiger partial charge in [0.2, 0.25) is 5.95 Å². The summed E-state index contributed by atoms with van der Waals surface area (Å²) in [6.07, 6.45) is 0. The van der Waals surface area contributed by atoms with Gasteiger partial charge in [0.25, 0.3) is 0 Å². The Bertz CT molecular complexity index is 712. The molecule has 20 heavy (non-hydrogen) atoms. The van der Waals surface area contributed by atoms with E-state index in [0.29, 0.717) is 0 Å². The lowest BCUT2D eigenvalue weighted by Crippen LogP contribution is -2.12. The lowest BCUT2D eigenvalue weighted by atomic mass is 9.92. The standard InChI is InChI=1S/C15H19N5/c1-15(2,3)12-9-13(20(4)19-12)18-14-16-10-7-5-6-8-11(10)17-14/h5-9H,1-4H3,(H2,16,17,18). The molecule has 0 radical (unpaired) electrons. The molecular formula is C15H19N5. The predicted molar refractivity (Wildman–Crippen MR) is 81.3 cm³/mol. The second-order valence-corrected chi connectivity index (χ2v) is 6.02. The molecule has 0 saturated heterocycles. The number of benzene rings is 1. The minimum Gasteiger partial charge on any atom is -0.324 e. The van der Waals surface area contributed by atoms with Gasteiger partial charge in [-0.05, 0) is 12.1 Å². The van der Waals surface area contributed by atoms with Crippen molar-refractivity contribution >= 4 is 22.8 Å². The molecule has 1 aromatic carbocycles. The normalized spacial score (nSPS) is 12.0. The van der Waals surface area contributed by atoms with Crippen molar-refractivity contribution in [2.24, 2.45) is 7.05 Å². The lowest BCUT2D eigenvalue weighted by molar-refractivity contribution is 0.553. The Morgan fingerprint density at radius 1 is 1.20 bits per heavy atom. The predicted octanol–water partition coefficient (Wildman–Crippen LogP) is 3.34. The van der Waals surface area contributed by atoms with Crippen LogP contribution in [0.5, 0.6) is 0 Å². The summed E-state index contributed by atoms with van der Waals surface area (Å²) in [5, 5.41) is 7.83. The van der Waals surface area contributed by atoms with Crippen molar-refractivity contribution in [2.75, 3.05) is 5.32 Å². The van der Waals surface area contributed by atoms with E-state index in [-0.39, 0.29) is 5.41 Å². The summed E-state index contributed by atoms with van der Waals surface area (Å²) in [5.41, 5.74) is 3.06. The van der Waals surface area contributed by atoms with E-state index in [9.17, 15) is 0 Å². The Morgan fingerprint density at radius 3 is 2.60 bits per heavy atom. The van der Waals surface area contributed by atoms with E-state index in [1.54, 1.807) is 0 Å². The van der Waals surface area contributed by atoms with Crippen molar-refractivity contribution in [3.05, 3.63) is 36.0 Å². The highest BCUT2D eigenvalue weighted by Crippen LogP contribution is 2.25. The highest BCUT2D eigenvalue weighted by atomic mass is 15.3. The number of aromatic nitrogens is 4. The summed E-state index contributed by atoms with van der Waals surface area (Å²) in [6, 6.07) is 10.0. The van der Waals surface area contributed by atoms with Gasteiger partial charge >= 0.3 is 0 Å². The fraction of sp³-hybridized carbons (Fsp3) is 0.333. The number of aromatic amines is 1. The van der Waals surface area contributed by atoms with Gasteiger partial charge in [0.15, 0.2) is 0 Å². The maximum atomic E-state index is 4.54. The zero-order valence-electron chi connectivity index (χ0n) is 12.2. The highest BCUT2D eigenvalue weighted by Gasteiger charge is 2.19. The Kier molecular flexibility index (Phi) is 2.78. The lowest BCUT2D eigenvalue weighted by Gasteiger charge is -2.13. The zero-order chi connectivity index (χ0) is 14.3. The molecule has 0 aliphatic rings. The number of para-hydroxylation sites is 2. The molecule has 0 aliphatic heterocycles. The monoisotopic (exact) mass is 269 g/mol. The minimum atomic E-state index is 0.0333. The Hall–Kier alpha value is -2.30. The largest absolute Gasteiger partial charge is 0.324 e. The molecule has 2 N–H and O–H groups in total. The van der Waals surface area contributed by atoms with Crippen molar-refractivity contribution < 1.29 is 0 Å². The maximum Gasteiger partial charge on any atom is 0.206 e. The SMILES string of the molecule is Cn1nc(C(C)(C)C)cc1Nc1nc2ccccc2[nH]1. The number of nitrogens with zero attached hydrogens (tertiary/aromatic N) is 3. The van der Waals surface area contributed by atoms with Crippen LogP contribution in [0, 0.1) is 0 Å². The van der Waals surface area contributed by atoms with Gasteiger partial charge in [0.1, 0.15) is 5.82 Å². The van der Waals surface area contributed by atoms with Crippen LogP contribution < -0.4 is 5.32 Å². The first-order valence-electron chi connectivity index (χ1n) is 6.70. The van der Waals surface area contributed by atoms with Crippen molar-refractivity contribution in [2.45, 2.75) is 26.2 Å². The van der Waals surface area contributed by atoms with E-state index in [1.807, 2.05) is 36.0 Å². The van der Waals surface area contributed by atoms with E-state index in [4.69, 9.17) is 0 Å². The number of imidazole rings is 1. The number of aryl methyl sites for hydroxylation is 1. The van der Waals surface area contributed by atoms with Crippen LogP contribution in [0.1, 0.15) is 26.5 Å². The third-order valence-corrected chi connectivity index (χ3v) is 3.28. The van der Waals surface area contributed by atoms with E-state index in [1.165, 1.54) is 0 Å². The Balaban J connectivity index is 1.93. The Labute approximate surface area is 118 Å². The van der Waals surface area contributed by atoms with Gasteiger partial charge in [-0.25, -0.2) is 4.98 Å². The molecule has 0 unspecified atom stereocenters. The van der Waals surface area contributed by atoms with E-state index in [2.05, 4.69) is 47.2 Å². The van der Waals surface area contributed by atoms with Crippen LogP contribution in [-0.4, -0.2) is 19.7 Å². The van der Waals surface area contributed by atoms with Crippen LogP contribution >= 0.6 is 0 Å². The van der Waals surface area contributed by atoms with Crippen LogP contribution in [0.2, 0.25) is 0 Å². The van der Waals surface area contributed by atoms with Gasteiger partial charge in [-0.3, -0.25) is 4.68 Å². The molecule has 2 aromatic heterocycles. The molecule has 0 fully saturated rings. The number of fused-ring (bicyclic) bond motifs is 1. The summed E-state index contributed by atoms with van der Waals surface area (Å²) in [6.45, 7) is 6.46. The molecule has 0 amide bonds. The van der Waals surface area contributed by atoms with Crippen LogP contribution in [0.25, 0.3) is 11.0 Å². The number of anilines is 2. The summed E-state index contributed by atoms with van der Waals surface area (Å²) in [5.74, 6) is 1.66. The Morgan fingerprint density at radius 2 is 1.95 bits per heavy atom. The third kappa shape index (κ3) is 2.27. The maximum absolute atomic E-state index is 4.54. The molecule has 0 bridgehead atoms. The summed E-state index contributed by atoms with van der Waals surface area (Å²) in [7, 11) is 1.93. The van der Waals surface area contributed by atoms with Crippen molar-refractivity contribution in [1.82, 2.24) is 19.7 Å². The van der Waals surface area contributed by atoms with Crippen LogP contribution in [-0.2, 0) is 12.5 Å². The average molecular weight is 269 g/mol. The topological polar surface area (TPSA) is 58.5 Å². The summed E-state index contributed by atoms with van der Waals surface area (Å²) in [4.78, 5) is 7.77. The van der Waals surface area contributed by atoms with E-state index >= 15 is 0 Å². The van der Waals surface area contributed by atoms with Crippen LogP contribution in [0.15, 0.2) is 30.3 Å². The number of hydrogen-bond donors (Lipinski definition) is 2. The zero-order valence-corrected chi connectivity index (χ0v) is 12.2. The first-order chi connectivity index (χ1) is 9.43. The van der Waals surface area contributed by atoms with Gasteiger partial charge in [-0.15, -0.1) is 0 Å². The van der Waals surface area contributed by atoms with Gasteiger partial charge in [-0.2, -0.15) is 5.10 Å². The second kappa shape index (κ2) is 4.37. The van der Waals surface area contributed by atoms with Gasteiger partial charge in [-0.1, -0.05) is 32.9 Å². The van der Waals surface area contributed by atoms with Crippen LogP contribution in [0.4, 0.5) is 11.8 Å². The van der Waals surface area contributed by atoms with Crippen molar-refractivity contribution in [1.29, 1.82) is 0 Å². The molecule has 2 heterocycles. The number of nitrogens with one attached hydrogen (secondary N) is 2. The molecule has 0 saturated carbocycles. The first kappa shape index (κ1) is 12.7. The number of rotatable bonds is 2.